The van der Waals surface area contributed by atoms with Crippen LogP contribution in [0.15, 0.2) is 30.3 Å². The molecular formula is C14H20N2O3S. The molecular weight excluding hydrogens is 276 g/mol. The van der Waals surface area contributed by atoms with Crippen molar-refractivity contribution < 1.29 is 13.2 Å². The Morgan fingerprint density at radius 1 is 1.15 bits per heavy atom. The first kappa shape index (κ1) is 15.0. The maximum Gasteiger partial charge on any atom is 0.242 e. The first-order chi connectivity index (χ1) is 9.54. The number of sulfonamides is 1. The van der Waals surface area contributed by atoms with Crippen LogP contribution < -0.4 is 4.90 Å². The van der Waals surface area contributed by atoms with E-state index in [9.17, 15) is 13.2 Å². The SMILES string of the molecule is CCCCS(=O)(=O)N1CCN(c2ccccc2)C(=O)C1. The van der Waals surface area contributed by atoms with Crippen LogP contribution in [0.3, 0.4) is 0 Å². The van der Waals surface area contributed by atoms with Crippen LogP contribution in [0.4, 0.5) is 5.69 Å². The highest BCUT2D eigenvalue weighted by Crippen LogP contribution is 2.18. The summed E-state index contributed by atoms with van der Waals surface area (Å²) in [5.74, 6) is -0.0372. The summed E-state index contributed by atoms with van der Waals surface area (Å²) < 4.78 is 25.5. The molecule has 6 heteroatoms. The molecule has 0 bridgehead atoms. The number of amides is 1. The molecule has 0 unspecified atom stereocenters. The van der Waals surface area contributed by atoms with E-state index in [0.717, 1.165) is 12.1 Å². The fourth-order valence-corrected chi connectivity index (χ4v) is 3.80. The van der Waals surface area contributed by atoms with Crippen molar-refractivity contribution in [3.63, 3.8) is 0 Å². The summed E-state index contributed by atoms with van der Waals surface area (Å²) in [4.78, 5) is 13.8. The molecule has 0 saturated carbocycles. The minimum Gasteiger partial charge on any atom is -0.310 e. The van der Waals surface area contributed by atoms with E-state index in [1.54, 1.807) is 4.90 Å². The average molecular weight is 296 g/mol. The van der Waals surface area contributed by atoms with Gasteiger partial charge in [-0.1, -0.05) is 31.5 Å². The molecule has 0 spiro atoms. The summed E-state index contributed by atoms with van der Waals surface area (Å²) in [6, 6.07) is 9.34. The molecule has 1 heterocycles. The molecule has 0 aromatic heterocycles. The Hall–Kier alpha value is -1.40. The van der Waals surface area contributed by atoms with E-state index in [4.69, 9.17) is 0 Å². The van der Waals surface area contributed by atoms with Crippen LogP contribution in [0.2, 0.25) is 0 Å². The zero-order valence-electron chi connectivity index (χ0n) is 11.7. The van der Waals surface area contributed by atoms with Crippen molar-refractivity contribution in [1.82, 2.24) is 4.31 Å². The second-order valence-corrected chi connectivity index (χ2v) is 6.97. The highest BCUT2D eigenvalue weighted by Gasteiger charge is 2.31. The largest absolute Gasteiger partial charge is 0.310 e. The lowest BCUT2D eigenvalue weighted by molar-refractivity contribution is -0.119. The zero-order chi connectivity index (χ0) is 14.6. The average Bonchev–Trinajstić information content (AvgIpc) is 2.46. The van der Waals surface area contributed by atoms with Gasteiger partial charge in [-0.05, 0) is 18.6 Å². The van der Waals surface area contributed by atoms with Crippen LogP contribution >= 0.6 is 0 Å². The number of carbonyl (C=O) groups is 1. The van der Waals surface area contributed by atoms with Crippen LogP contribution in [-0.4, -0.2) is 44.0 Å². The summed E-state index contributed by atoms with van der Waals surface area (Å²) in [6.45, 7) is 2.68. The predicted molar refractivity (Wildman–Crippen MR) is 79.1 cm³/mol. The highest BCUT2D eigenvalue weighted by molar-refractivity contribution is 7.89. The van der Waals surface area contributed by atoms with Crippen LogP contribution in [0.25, 0.3) is 0 Å². The quantitative estimate of drug-likeness (QED) is 0.826. The van der Waals surface area contributed by atoms with Gasteiger partial charge in [-0.25, -0.2) is 8.42 Å². The molecule has 1 aromatic carbocycles. The third-order valence-electron chi connectivity index (χ3n) is 3.40. The van der Waals surface area contributed by atoms with E-state index < -0.39 is 10.0 Å². The third-order valence-corrected chi connectivity index (χ3v) is 5.31. The van der Waals surface area contributed by atoms with E-state index in [1.807, 2.05) is 37.3 Å². The molecule has 0 N–H and O–H groups in total. The van der Waals surface area contributed by atoms with Crippen molar-refractivity contribution in [2.24, 2.45) is 0 Å². The van der Waals surface area contributed by atoms with Gasteiger partial charge in [0, 0.05) is 18.8 Å². The normalized spacial score (nSPS) is 17.4. The van der Waals surface area contributed by atoms with E-state index >= 15 is 0 Å². The molecule has 110 valence electrons. The van der Waals surface area contributed by atoms with Gasteiger partial charge in [-0.2, -0.15) is 4.31 Å². The van der Waals surface area contributed by atoms with Gasteiger partial charge in [0.05, 0.1) is 12.3 Å². The molecule has 20 heavy (non-hydrogen) atoms. The van der Waals surface area contributed by atoms with Gasteiger partial charge >= 0.3 is 0 Å². The minimum absolute atomic E-state index is 0.0546. The monoisotopic (exact) mass is 296 g/mol. The number of carbonyl (C=O) groups excluding carboxylic acids is 1. The van der Waals surface area contributed by atoms with Crippen molar-refractivity contribution in [2.75, 3.05) is 30.3 Å². The van der Waals surface area contributed by atoms with Gasteiger partial charge in [-0.15, -0.1) is 0 Å². The summed E-state index contributed by atoms with van der Waals surface area (Å²) in [7, 11) is -3.30. The number of benzene rings is 1. The molecule has 1 fully saturated rings. The van der Waals surface area contributed by atoms with Gasteiger partial charge in [-0.3, -0.25) is 4.79 Å². The zero-order valence-corrected chi connectivity index (χ0v) is 12.5. The summed E-state index contributed by atoms with van der Waals surface area (Å²) in [5.41, 5.74) is 0.822. The number of hydrogen-bond donors (Lipinski definition) is 0. The molecule has 0 atom stereocenters. The summed E-state index contributed by atoms with van der Waals surface area (Å²) in [5, 5.41) is 0. The fourth-order valence-electron chi connectivity index (χ4n) is 2.23. The van der Waals surface area contributed by atoms with E-state index in [-0.39, 0.29) is 18.2 Å². The smallest absolute Gasteiger partial charge is 0.242 e. The standard InChI is InChI=1S/C14H20N2O3S/c1-2-3-11-20(18,19)15-9-10-16(14(17)12-15)13-7-5-4-6-8-13/h4-8H,2-3,9-12H2,1H3. The number of rotatable bonds is 5. The minimum atomic E-state index is -3.30. The predicted octanol–water partition coefficient (Wildman–Crippen LogP) is 1.47. The van der Waals surface area contributed by atoms with Crippen molar-refractivity contribution in [3.8, 4) is 0 Å². The number of para-hydroxylation sites is 1. The van der Waals surface area contributed by atoms with Crippen molar-refractivity contribution in [2.45, 2.75) is 19.8 Å². The third kappa shape index (κ3) is 3.37. The lowest BCUT2D eigenvalue weighted by atomic mass is 10.2. The first-order valence-electron chi connectivity index (χ1n) is 6.88. The lowest BCUT2D eigenvalue weighted by Crippen LogP contribution is -2.52. The molecule has 1 saturated heterocycles. The number of nitrogens with zero attached hydrogens (tertiary/aromatic N) is 2. The lowest BCUT2D eigenvalue weighted by Gasteiger charge is -2.33. The van der Waals surface area contributed by atoms with Gasteiger partial charge < -0.3 is 4.90 Å². The van der Waals surface area contributed by atoms with Crippen LogP contribution in [0.5, 0.6) is 0 Å². The molecule has 1 aromatic rings. The summed E-state index contributed by atoms with van der Waals surface area (Å²) >= 11 is 0. The molecule has 1 aliphatic rings. The van der Waals surface area contributed by atoms with E-state index in [0.29, 0.717) is 19.5 Å². The molecule has 1 amide bonds. The van der Waals surface area contributed by atoms with Crippen molar-refractivity contribution >= 4 is 21.6 Å². The molecule has 0 radical (unpaired) electrons. The fraction of sp³-hybridized carbons (Fsp3) is 0.500. The topological polar surface area (TPSA) is 57.7 Å². The Balaban J connectivity index is 2.04. The van der Waals surface area contributed by atoms with Gasteiger partial charge in [0.1, 0.15) is 0 Å². The second-order valence-electron chi connectivity index (χ2n) is 4.88. The van der Waals surface area contributed by atoms with Crippen molar-refractivity contribution in [3.05, 3.63) is 30.3 Å². The first-order valence-corrected chi connectivity index (χ1v) is 8.49. The maximum atomic E-state index is 12.1. The Labute approximate surface area is 120 Å². The number of piperazine rings is 1. The summed E-state index contributed by atoms with van der Waals surface area (Å²) in [6.07, 6.45) is 1.46. The Kier molecular flexibility index (Phi) is 4.77. The molecule has 1 aliphatic heterocycles. The highest BCUT2D eigenvalue weighted by atomic mass is 32.2. The Bertz CT molecular complexity index is 557. The molecule has 2 rings (SSSR count). The van der Waals surface area contributed by atoms with Crippen LogP contribution in [0.1, 0.15) is 19.8 Å². The number of unbranched alkanes of at least 4 members (excludes halogenated alkanes) is 1. The number of hydrogen-bond acceptors (Lipinski definition) is 3. The van der Waals surface area contributed by atoms with E-state index in [2.05, 4.69) is 0 Å². The van der Waals surface area contributed by atoms with Gasteiger partial charge in [0.15, 0.2) is 0 Å². The van der Waals surface area contributed by atoms with Gasteiger partial charge in [0.25, 0.3) is 0 Å². The van der Waals surface area contributed by atoms with Crippen LogP contribution in [0, 0.1) is 0 Å². The Morgan fingerprint density at radius 3 is 2.45 bits per heavy atom. The molecule has 5 nitrogen and oxygen atoms in total. The van der Waals surface area contributed by atoms with Crippen LogP contribution in [-0.2, 0) is 14.8 Å². The Morgan fingerprint density at radius 2 is 1.85 bits per heavy atom. The van der Waals surface area contributed by atoms with Crippen molar-refractivity contribution in [1.29, 1.82) is 0 Å². The molecule has 0 aliphatic carbocycles. The maximum absolute atomic E-state index is 12.1. The van der Waals surface area contributed by atoms with Gasteiger partial charge in [0.2, 0.25) is 15.9 Å². The second kappa shape index (κ2) is 6.37. The van der Waals surface area contributed by atoms with E-state index in [1.165, 1.54) is 4.31 Å². The number of anilines is 1.